The van der Waals surface area contributed by atoms with E-state index in [0.717, 1.165) is 18.1 Å². The van der Waals surface area contributed by atoms with Gasteiger partial charge in [0.05, 0.1) is 5.69 Å². The van der Waals surface area contributed by atoms with Crippen LogP contribution in [0.15, 0.2) is 36.5 Å². The van der Waals surface area contributed by atoms with Crippen LogP contribution < -0.4 is 0 Å². The van der Waals surface area contributed by atoms with Gasteiger partial charge in [-0.05, 0) is 19.4 Å². The highest BCUT2D eigenvalue weighted by atomic mass is 16.5. The van der Waals surface area contributed by atoms with Crippen molar-refractivity contribution in [1.29, 1.82) is 0 Å². The lowest BCUT2D eigenvalue weighted by Gasteiger charge is -2.14. The molecule has 0 fully saturated rings. The van der Waals surface area contributed by atoms with Gasteiger partial charge in [0.15, 0.2) is 6.10 Å². The third kappa shape index (κ3) is 3.44. The molecule has 2 aromatic rings. The van der Waals surface area contributed by atoms with Crippen molar-refractivity contribution in [3.63, 3.8) is 0 Å². The van der Waals surface area contributed by atoms with Crippen molar-refractivity contribution in [2.24, 2.45) is 0 Å². The molecule has 0 aliphatic heterocycles. The summed E-state index contributed by atoms with van der Waals surface area (Å²) in [4.78, 5) is 15.5. The normalized spacial score (nSPS) is 12.2. The van der Waals surface area contributed by atoms with E-state index in [2.05, 4.69) is 17.1 Å². The Morgan fingerprint density at radius 1 is 1.37 bits per heavy atom. The molecule has 0 aliphatic rings. The average molecular weight is 258 g/mol. The first kappa shape index (κ1) is 13.3. The number of carbonyl (C=O) groups excluding carboxylic acids is 1. The minimum absolute atomic E-state index is 0.292. The van der Waals surface area contributed by atoms with Crippen molar-refractivity contribution in [2.75, 3.05) is 0 Å². The number of benzene rings is 1. The SMILES string of the molecule is CC(=O)O[C@@H](C)c1nc(C)cn1Cc1ccccc1. The van der Waals surface area contributed by atoms with Crippen LogP contribution in [0.1, 0.15) is 37.0 Å². The van der Waals surface area contributed by atoms with E-state index in [4.69, 9.17) is 4.74 Å². The third-order valence-corrected chi connectivity index (χ3v) is 2.83. The minimum atomic E-state index is -0.338. The quantitative estimate of drug-likeness (QED) is 0.792. The van der Waals surface area contributed by atoms with E-state index < -0.39 is 0 Å². The average Bonchev–Trinajstić information content (AvgIpc) is 2.71. The third-order valence-electron chi connectivity index (χ3n) is 2.83. The number of imidazole rings is 1. The molecular weight excluding hydrogens is 240 g/mol. The van der Waals surface area contributed by atoms with Crippen molar-refractivity contribution in [3.8, 4) is 0 Å². The van der Waals surface area contributed by atoms with Gasteiger partial charge in [0.25, 0.3) is 0 Å². The fraction of sp³-hybridized carbons (Fsp3) is 0.333. The van der Waals surface area contributed by atoms with Crippen LogP contribution in [-0.2, 0) is 16.1 Å². The second-order valence-corrected chi connectivity index (χ2v) is 4.61. The summed E-state index contributed by atoms with van der Waals surface area (Å²) in [6.45, 7) is 5.91. The Labute approximate surface area is 113 Å². The summed E-state index contributed by atoms with van der Waals surface area (Å²) in [7, 11) is 0. The van der Waals surface area contributed by atoms with Crippen LogP contribution in [0.4, 0.5) is 0 Å². The monoisotopic (exact) mass is 258 g/mol. The van der Waals surface area contributed by atoms with E-state index in [1.165, 1.54) is 12.5 Å². The molecule has 4 nitrogen and oxygen atoms in total. The molecule has 0 bridgehead atoms. The molecule has 1 atom stereocenters. The van der Waals surface area contributed by atoms with Gasteiger partial charge < -0.3 is 9.30 Å². The first-order valence-electron chi connectivity index (χ1n) is 6.31. The molecule has 0 saturated heterocycles. The molecule has 0 N–H and O–H groups in total. The maximum Gasteiger partial charge on any atom is 0.303 e. The Bertz CT molecular complexity index is 561. The number of ether oxygens (including phenoxy) is 1. The number of carbonyl (C=O) groups is 1. The number of rotatable bonds is 4. The lowest BCUT2D eigenvalue weighted by Crippen LogP contribution is -2.12. The molecule has 1 aromatic heterocycles. The molecule has 0 aliphatic carbocycles. The van der Waals surface area contributed by atoms with Gasteiger partial charge in [-0.2, -0.15) is 0 Å². The van der Waals surface area contributed by atoms with E-state index in [-0.39, 0.29) is 12.1 Å². The molecule has 0 spiro atoms. The molecule has 1 heterocycles. The van der Waals surface area contributed by atoms with Gasteiger partial charge in [0.1, 0.15) is 5.82 Å². The summed E-state index contributed by atoms with van der Waals surface area (Å²) >= 11 is 0. The van der Waals surface area contributed by atoms with Gasteiger partial charge in [-0.25, -0.2) is 4.98 Å². The summed E-state index contributed by atoms with van der Waals surface area (Å²) in [5, 5.41) is 0. The van der Waals surface area contributed by atoms with E-state index in [1.54, 1.807) is 0 Å². The van der Waals surface area contributed by atoms with Crippen molar-refractivity contribution in [3.05, 3.63) is 53.6 Å². The fourth-order valence-corrected chi connectivity index (χ4v) is 2.10. The summed E-state index contributed by atoms with van der Waals surface area (Å²) in [5.74, 6) is 0.482. The summed E-state index contributed by atoms with van der Waals surface area (Å²) in [6, 6.07) is 10.1. The molecule has 1 aromatic carbocycles. The molecule has 4 heteroatoms. The van der Waals surface area contributed by atoms with E-state index in [0.29, 0.717) is 0 Å². The molecule has 0 radical (unpaired) electrons. The first-order chi connectivity index (χ1) is 9.06. The van der Waals surface area contributed by atoms with Gasteiger partial charge in [-0.3, -0.25) is 4.79 Å². The largest absolute Gasteiger partial charge is 0.455 e. The van der Waals surface area contributed by atoms with Crippen LogP contribution in [0.25, 0.3) is 0 Å². The lowest BCUT2D eigenvalue weighted by atomic mass is 10.2. The highest BCUT2D eigenvalue weighted by molar-refractivity contribution is 5.66. The van der Waals surface area contributed by atoms with Crippen LogP contribution in [0.3, 0.4) is 0 Å². The molecule has 0 unspecified atom stereocenters. The van der Waals surface area contributed by atoms with Crippen molar-refractivity contribution in [1.82, 2.24) is 9.55 Å². The van der Waals surface area contributed by atoms with Crippen LogP contribution in [0.2, 0.25) is 0 Å². The fourth-order valence-electron chi connectivity index (χ4n) is 2.10. The summed E-state index contributed by atoms with van der Waals surface area (Å²) in [6.07, 6.45) is 1.64. The highest BCUT2D eigenvalue weighted by Gasteiger charge is 2.16. The number of esters is 1. The Kier molecular flexibility index (Phi) is 4.00. The standard InChI is InChI=1S/C15H18N2O2/c1-11-9-17(10-14-7-5-4-6-8-14)15(16-11)12(2)19-13(3)18/h4-9,12H,10H2,1-3H3/t12-/m0/s1. The van der Waals surface area contributed by atoms with Crippen LogP contribution >= 0.6 is 0 Å². The summed E-state index contributed by atoms with van der Waals surface area (Å²) in [5.41, 5.74) is 2.11. The summed E-state index contributed by atoms with van der Waals surface area (Å²) < 4.78 is 7.23. The molecular formula is C15H18N2O2. The first-order valence-corrected chi connectivity index (χ1v) is 6.31. The number of nitrogens with zero attached hydrogens (tertiary/aromatic N) is 2. The van der Waals surface area contributed by atoms with Crippen LogP contribution in [0.5, 0.6) is 0 Å². The Morgan fingerprint density at radius 2 is 2.05 bits per heavy atom. The van der Waals surface area contributed by atoms with Crippen LogP contribution in [0, 0.1) is 6.92 Å². The van der Waals surface area contributed by atoms with Crippen molar-refractivity contribution >= 4 is 5.97 Å². The van der Waals surface area contributed by atoms with Crippen molar-refractivity contribution in [2.45, 2.75) is 33.4 Å². The Hall–Kier alpha value is -2.10. The topological polar surface area (TPSA) is 44.1 Å². The zero-order valence-corrected chi connectivity index (χ0v) is 11.5. The molecule has 2 rings (SSSR count). The number of hydrogen-bond donors (Lipinski definition) is 0. The predicted molar refractivity (Wildman–Crippen MR) is 72.7 cm³/mol. The number of hydrogen-bond acceptors (Lipinski definition) is 3. The molecule has 100 valence electrons. The molecule has 0 saturated carbocycles. The maximum atomic E-state index is 11.0. The zero-order chi connectivity index (χ0) is 13.8. The lowest BCUT2D eigenvalue weighted by molar-refractivity contribution is -0.146. The zero-order valence-electron chi connectivity index (χ0n) is 11.5. The Balaban J connectivity index is 2.23. The number of aryl methyl sites for hydroxylation is 1. The highest BCUT2D eigenvalue weighted by Crippen LogP contribution is 2.18. The molecule has 19 heavy (non-hydrogen) atoms. The van der Waals surface area contributed by atoms with Crippen LogP contribution in [-0.4, -0.2) is 15.5 Å². The van der Waals surface area contributed by atoms with E-state index in [1.807, 2.05) is 42.8 Å². The predicted octanol–water partition coefficient (Wildman–Crippen LogP) is 2.86. The van der Waals surface area contributed by atoms with Gasteiger partial charge >= 0.3 is 5.97 Å². The van der Waals surface area contributed by atoms with Crippen molar-refractivity contribution < 1.29 is 9.53 Å². The Morgan fingerprint density at radius 3 is 2.68 bits per heavy atom. The van der Waals surface area contributed by atoms with Gasteiger partial charge in [0, 0.05) is 19.7 Å². The van der Waals surface area contributed by atoms with E-state index in [9.17, 15) is 4.79 Å². The van der Waals surface area contributed by atoms with Gasteiger partial charge in [0.2, 0.25) is 0 Å². The van der Waals surface area contributed by atoms with E-state index >= 15 is 0 Å². The van der Waals surface area contributed by atoms with Gasteiger partial charge in [-0.1, -0.05) is 30.3 Å². The smallest absolute Gasteiger partial charge is 0.303 e. The second kappa shape index (κ2) is 5.69. The van der Waals surface area contributed by atoms with Gasteiger partial charge in [-0.15, -0.1) is 0 Å². The second-order valence-electron chi connectivity index (χ2n) is 4.61. The number of aromatic nitrogens is 2. The maximum absolute atomic E-state index is 11.0. The minimum Gasteiger partial charge on any atom is -0.455 e. The molecule has 0 amide bonds.